The molecule has 0 spiro atoms. The maximum absolute atomic E-state index is 4.34. The second-order valence-electron chi connectivity index (χ2n) is 7.86. The maximum atomic E-state index is 4.34. The van der Waals surface area contributed by atoms with E-state index in [1.54, 1.807) is 0 Å². The predicted molar refractivity (Wildman–Crippen MR) is 113 cm³/mol. The minimum absolute atomic E-state index is 0.868. The fourth-order valence-corrected chi connectivity index (χ4v) is 4.91. The van der Waals surface area contributed by atoms with Crippen molar-refractivity contribution in [3.8, 4) is 0 Å². The van der Waals surface area contributed by atoms with E-state index < -0.39 is 0 Å². The molecule has 0 atom stereocenters. The fraction of sp³-hybridized carbons (Fsp3) is 0.455. The van der Waals surface area contributed by atoms with E-state index in [2.05, 4.69) is 64.2 Å². The third-order valence-corrected chi connectivity index (χ3v) is 7.01. The van der Waals surface area contributed by atoms with Crippen molar-refractivity contribution in [2.24, 2.45) is 13.0 Å². The number of piperidine rings is 1. The minimum atomic E-state index is 0.868. The second-order valence-corrected chi connectivity index (χ2v) is 9.00. The number of rotatable bonds is 4. The van der Waals surface area contributed by atoms with E-state index in [-0.39, 0.29) is 0 Å². The Kier molecular flexibility index (Phi) is 5.24. The van der Waals surface area contributed by atoms with Crippen LogP contribution in [0.15, 0.2) is 35.2 Å². The first-order chi connectivity index (χ1) is 13.0. The second kappa shape index (κ2) is 7.64. The molecule has 2 aromatic heterocycles. The average molecular weight is 381 g/mol. The van der Waals surface area contributed by atoms with Crippen LogP contribution < -0.4 is 0 Å². The van der Waals surface area contributed by atoms with Gasteiger partial charge in [0.05, 0.1) is 11.2 Å². The minimum Gasteiger partial charge on any atom is -0.350 e. The summed E-state index contributed by atoms with van der Waals surface area (Å²) in [6.07, 6.45) is 3.53. The van der Waals surface area contributed by atoms with Crippen LogP contribution in [0.3, 0.4) is 0 Å². The lowest BCUT2D eigenvalue weighted by atomic mass is 10.0. The number of aromatic nitrogens is 3. The zero-order valence-corrected chi connectivity index (χ0v) is 17.5. The first-order valence-electron chi connectivity index (χ1n) is 9.81. The molecule has 0 saturated carbocycles. The highest BCUT2D eigenvalue weighted by Crippen LogP contribution is 2.33. The Morgan fingerprint density at radius 3 is 2.67 bits per heavy atom. The summed E-state index contributed by atoms with van der Waals surface area (Å²) in [7, 11) is 2.18. The molecule has 5 heteroatoms. The third-order valence-electron chi connectivity index (χ3n) is 5.77. The molecule has 4 rings (SSSR count). The molecule has 1 aromatic carbocycles. The SMILES string of the molecule is Cc1cc2c(Cc3cc(SN4CCC(C)CC4)c(C)n3C)cccc2nn1. The van der Waals surface area contributed by atoms with Gasteiger partial charge >= 0.3 is 0 Å². The van der Waals surface area contributed by atoms with E-state index in [0.29, 0.717) is 0 Å². The Labute approximate surface area is 166 Å². The van der Waals surface area contributed by atoms with Gasteiger partial charge in [0.2, 0.25) is 0 Å². The fourth-order valence-electron chi connectivity index (χ4n) is 3.78. The van der Waals surface area contributed by atoms with Crippen molar-refractivity contribution in [1.29, 1.82) is 0 Å². The van der Waals surface area contributed by atoms with Gasteiger partial charge in [-0.2, -0.15) is 10.2 Å². The standard InChI is InChI=1S/C22H28N4S/c1-15-8-10-26(11-9-15)27-22-14-19(25(4)17(22)3)13-18-6-5-7-21-20(18)12-16(2)23-24-21/h5-7,12,14-15H,8-11,13H2,1-4H3. The van der Waals surface area contributed by atoms with Gasteiger partial charge < -0.3 is 4.57 Å². The van der Waals surface area contributed by atoms with E-state index in [4.69, 9.17) is 0 Å². The molecule has 27 heavy (non-hydrogen) atoms. The molecule has 0 unspecified atom stereocenters. The summed E-state index contributed by atoms with van der Waals surface area (Å²) < 4.78 is 4.87. The van der Waals surface area contributed by atoms with Crippen LogP contribution in [0.5, 0.6) is 0 Å². The monoisotopic (exact) mass is 380 g/mol. The lowest BCUT2D eigenvalue weighted by Crippen LogP contribution is -2.27. The molecule has 0 aliphatic carbocycles. The Morgan fingerprint density at radius 2 is 1.89 bits per heavy atom. The van der Waals surface area contributed by atoms with E-state index in [9.17, 15) is 0 Å². The van der Waals surface area contributed by atoms with Gasteiger partial charge in [0, 0.05) is 48.2 Å². The predicted octanol–water partition coefficient (Wildman–Crippen LogP) is 4.91. The maximum Gasteiger partial charge on any atom is 0.0932 e. The van der Waals surface area contributed by atoms with Gasteiger partial charge in [0.15, 0.2) is 0 Å². The van der Waals surface area contributed by atoms with E-state index >= 15 is 0 Å². The van der Waals surface area contributed by atoms with Gasteiger partial charge in [0.25, 0.3) is 0 Å². The van der Waals surface area contributed by atoms with Crippen LogP contribution in [0.25, 0.3) is 10.9 Å². The van der Waals surface area contributed by atoms with Crippen molar-refractivity contribution in [3.63, 3.8) is 0 Å². The van der Waals surface area contributed by atoms with Crippen LogP contribution in [-0.2, 0) is 13.5 Å². The lowest BCUT2D eigenvalue weighted by Gasteiger charge is -2.28. The molecule has 1 aliphatic heterocycles. The molecule has 0 radical (unpaired) electrons. The normalized spacial score (nSPS) is 16.3. The van der Waals surface area contributed by atoms with E-state index in [0.717, 1.165) is 23.5 Å². The summed E-state index contributed by atoms with van der Waals surface area (Å²) in [5.74, 6) is 0.868. The zero-order valence-electron chi connectivity index (χ0n) is 16.7. The van der Waals surface area contributed by atoms with Gasteiger partial charge in [-0.25, -0.2) is 4.31 Å². The molecule has 0 bridgehead atoms. The summed E-state index contributed by atoms with van der Waals surface area (Å²) in [6, 6.07) is 10.9. The quantitative estimate of drug-likeness (QED) is 0.602. The van der Waals surface area contributed by atoms with Gasteiger partial charge in [0.1, 0.15) is 0 Å². The van der Waals surface area contributed by atoms with Crippen molar-refractivity contribution in [1.82, 2.24) is 19.1 Å². The van der Waals surface area contributed by atoms with E-state index in [1.807, 2.05) is 24.9 Å². The number of fused-ring (bicyclic) bond motifs is 1. The van der Waals surface area contributed by atoms with Crippen molar-refractivity contribution in [3.05, 3.63) is 53.0 Å². The van der Waals surface area contributed by atoms with Gasteiger partial charge in [-0.3, -0.25) is 0 Å². The summed E-state index contributed by atoms with van der Waals surface area (Å²) in [4.78, 5) is 1.39. The Bertz CT molecular complexity index is 954. The van der Waals surface area contributed by atoms with Gasteiger partial charge in [-0.15, -0.1) is 0 Å². The van der Waals surface area contributed by atoms with Crippen LogP contribution in [-0.4, -0.2) is 32.2 Å². The highest BCUT2D eigenvalue weighted by molar-refractivity contribution is 7.97. The first-order valence-corrected chi connectivity index (χ1v) is 10.6. The number of aryl methyl sites for hydroxylation is 1. The largest absolute Gasteiger partial charge is 0.350 e. The molecule has 1 fully saturated rings. The lowest BCUT2D eigenvalue weighted by molar-refractivity contribution is 0.308. The molecule has 3 heterocycles. The van der Waals surface area contributed by atoms with Gasteiger partial charge in [-0.05, 0) is 68.3 Å². The molecule has 3 aromatic rings. The van der Waals surface area contributed by atoms with Crippen LogP contribution >= 0.6 is 11.9 Å². The molecule has 0 amide bonds. The molecular weight excluding hydrogens is 352 g/mol. The Balaban J connectivity index is 1.59. The zero-order chi connectivity index (χ0) is 19.0. The van der Waals surface area contributed by atoms with Crippen molar-refractivity contribution in [2.75, 3.05) is 13.1 Å². The number of hydrogen-bond donors (Lipinski definition) is 0. The van der Waals surface area contributed by atoms with Crippen LogP contribution in [0, 0.1) is 19.8 Å². The van der Waals surface area contributed by atoms with Gasteiger partial charge in [-0.1, -0.05) is 19.1 Å². The topological polar surface area (TPSA) is 34.0 Å². The summed E-state index contributed by atoms with van der Waals surface area (Å²) in [5.41, 5.74) is 5.95. The van der Waals surface area contributed by atoms with Crippen molar-refractivity contribution in [2.45, 2.75) is 44.9 Å². The third kappa shape index (κ3) is 3.90. The number of hydrogen-bond acceptors (Lipinski definition) is 4. The summed E-state index contributed by atoms with van der Waals surface area (Å²) >= 11 is 1.93. The molecule has 1 saturated heterocycles. The van der Waals surface area contributed by atoms with E-state index in [1.165, 1.54) is 53.2 Å². The van der Waals surface area contributed by atoms with Crippen molar-refractivity contribution >= 4 is 22.9 Å². The van der Waals surface area contributed by atoms with Crippen molar-refractivity contribution < 1.29 is 0 Å². The molecule has 4 nitrogen and oxygen atoms in total. The number of benzene rings is 1. The summed E-state index contributed by atoms with van der Waals surface area (Å²) in [6.45, 7) is 8.99. The summed E-state index contributed by atoms with van der Waals surface area (Å²) in [5, 5.41) is 9.75. The Hall–Kier alpha value is -1.85. The molecular formula is C22H28N4S. The highest BCUT2D eigenvalue weighted by Gasteiger charge is 2.19. The average Bonchev–Trinajstić information content (AvgIpc) is 2.92. The van der Waals surface area contributed by atoms with Crippen LogP contribution in [0.4, 0.5) is 0 Å². The number of nitrogens with zero attached hydrogens (tertiary/aromatic N) is 4. The highest BCUT2D eigenvalue weighted by atomic mass is 32.2. The molecule has 1 aliphatic rings. The Morgan fingerprint density at radius 1 is 1.11 bits per heavy atom. The molecule has 142 valence electrons. The smallest absolute Gasteiger partial charge is 0.0932 e. The van der Waals surface area contributed by atoms with Crippen LogP contribution in [0.2, 0.25) is 0 Å². The van der Waals surface area contributed by atoms with Crippen LogP contribution in [0.1, 0.15) is 42.4 Å². The molecule has 0 N–H and O–H groups in total. The first kappa shape index (κ1) is 18.5.